The average Bonchev–Trinajstić information content (AvgIpc) is 2.92. The summed E-state index contributed by atoms with van der Waals surface area (Å²) in [7, 11) is -3.56. The van der Waals surface area contributed by atoms with Crippen molar-refractivity contribution in [2.75, 3.05) is 32.6 Å². The molecule has 9 heteroatoms. The fourth-order valence-corrected chi connectivity index (χ4v) is 7.08. The largest absolute Gasteiger partial charge is 0.466 e. The zero-order chi connectivity index (χ0) is 27.2. The van der Waals surface area contributed by atoms with Gasteiger partial charge in [0.15, 0.2) is 0 Å². The molecule has 0 saturated heterocycles. The van der Waals surface area contributed by atoms with Crippen molar-refractivity contribution in [1.29, 1.82) is 0 Å². The minimum Gasteiger partial charge on any atom is -0.466 e. The van der Waals surface area contributed by atoms with E-state index in [9.17, 15) is 14.2 Å². The fraction of sp³-hybridized carbons (Fsp3) is 0.517. The predicted octanol–water partition coefficient (Wildman–Crippen LogP) is 4.85. The van der Waals surface area contributed by atoms with Crippen molar-refractivity contribution in [3.63, 3.8) is 0 Å². The van der Waals surface area contributed by atoms with Gasteiger partial charge < -0.3 is 24.2 Å². The van der Waals surface area contributed by atoms with Crippen LogP contribution in [-0.4, -0.2) is 54.7 Å². The number of benzene rings is 2. The first kappa shape index (κ1) is 29.9. The normalized spacial score (nSPS) is 16.6. The van der Waals surface area contributed by atoms with Gasteiger partial charge in [0.2, 0.25) is 0 Å². The maximum absolute atomic E-state index is 14.3. The van der Waals surface area contributed by atoms with E-state index in [0.717, 1.165) is 36.8 Å². The fourth-order valence-electron chi connectivity index (χ4n) is 4.50. The van der Waals surface area contributed by atoms with Gasteiger partial charge in [-0.15, -0.1) is 0 Å². The predicted molar refractivity (Wildman–Crippen MR) is 146 cm³/mol. The third-order valence-corrected chi connectivity index (χ3v) is 9.05. The molecule has 2 unspecified atom stereocenters. The zero-order valence-electron chi connectivity index (χ0n) is 21.9. The van der Waals surface area contributed by atoms with Crippen LogP contribution in [0.1, 0.15) is 57.8 Å². The van der Waals surface area contributed by atoms with E-state index >= 15 is 0 Å². The monoisotopic (exact) mass is 546 g/mol. The third-order valence-electron chi connectivity index (χ3n) is 6.51. The quantitative estimate of drug-likeness (QED) is 0.164. The Kier molecular flexibility index (Phi) is 12.3. The highest BCUT2D eigenvalue weighted by Gasteiger charge is 2.41. The number of para-hydroxylation sites is 1. The molecular weight excluding hydrogens is 507 g/mol. The Morgan fingerprint density at radius 1 is 0.763 bits per heavy atom. The van der Waals surface area contributed by atoms with E-state index in [1.54, 1.807) is 24.3 Å². The number of rotatable bonds is 17. The average molecular weight is 547 g/mol. The number of aliphatic hydroxyl groups is 2. The molecule has 0 radical (unpaired) electrons. The number of carbonyl (C=O) groups excluding carboxylic acids is 2. The highest BCUT2D eigenvalue weighted by atomic mass is 31.2. The van der Waals surface area contributed by atoms with Crippen LogP contribution in [0.4, 0.5) is 0 Å². The lowest BCUT2D eigenvalue weighted by atomic mass is 10.0. The Labute approximate surface area is 224 Å². The highest BCUT2D eigenvalue weighted by Crippen LogP contribution is 2.55. The molecular formula is C29H39O8P. The molecule has 0 aromatic heterocycles. The minimum absolute atomic E-state index is 0.130. The molecule has 0 amide bonds. The summed E-state index contributed by atoms with van der Waals surface area (Å²) in [6.07, 6.45) is 5.61. The second-order valence-electron chi connectivity index (χ2n) is 9.53. The molecule has 0 spiro atoms. The van der Waals surface area contributed by atoms with Crippen molar-refractivity contribution < 1.29 is 38.4 Å². The number of aliphatic hydroxyl groups excluding tert-OH is 2. The van der Waals surface area contributed by atoms with Crippen LogP contribution >= 0.6 is 7.37 Å². The lowest BCUT2D eigenvalue weighted by Gasteiger charge is -2.30. The second-order valence-corrected chi connectivity index (χ2v) is 11.9. The summed E-state index contributed by atoms with van der Waals surface area (Å²) in [4.78, 5) is 25.8. The number of hydrogen-bond acceptors (Lipinski definition) is 8. The number of unbranched alkanes of at least 4 members (excludes halogenated alkanes) is 6. The molecule has 0 saturated carbocycles. The smallest absolute Gasteiger partial charge is 0.310 e. The van der Waals surface area contributed by atoms with Crippen LogP contribution in [0.3, 0.4) is 0 Å². The van der Waals surface area contributed by atoms with E-state index < -0.39 is 25.2 Å². The molecule has 1 heterocycles. The van der Waals surface area contributed by atoms with Crippen molar-refractivity contribution in [3.05, 3.63) is 48.5 Å². The first-order chi connectivity index (χ1) is 18.5. The van der Waals surface area contributed by atoms with Gasteiger partial charge in [0.25, 0.3) is 7.37 Å². The Bertz CT molecular complexity index is 1090. The van der Waals surface area contributed by atoms with E-state index in [1.807, 2.05) is 24.3 Å². The van der Waals surface area contributed by atoms with Gasteiger partial charge >= 0.3 is 11.9 Å². The van der Waals surface area contributed by atoms with Crippen molar-refractivity contribution in [2.24, 2.45) is 5.92 Å². The van der Waals surface area contributed by atoms with Crippen LogP contribution in [0.5, 0.6) is 5.75 Å². The number of ether oxygens (including phenoxy) is 2. The number of fused-ring (bicyclic) bond motifs is 3. The molecule has 0 aliphatic carbocycles. The first-order valence-electron chi connectivity index (χ1n) is 13.5. The summed E-state index contributed by atoms with van der Waals surface area (Å²) in [6.45, 7) is 0.679. The summed E-state index contributed by atoms with van der Waals surface area (Å²) < 4.78 is 31.2. The molecule has 208 valence electrons. The van der Waals surface area contributed by atoms with Crippen LogP contribution in [0.2, 0.25) is 0 Å². The highest BCUT2D eigenvalue weighted by molar-refractivity contribution is 7.67. The van der Waals surface area contributed by atoms with E-state index in [2.05, 4.69) is 0 Å². The van der Waals surface area contributed by atoms with Crippen LogP contribution in [0, 0.1) is 5.92 Å². The molecule has 2 atom stereocenters. The molecule has 2 aromatic rings. The molecule has 2 N–H and O–H groups in total. The van der Waals surface area contributed by atoms with Crippen molar-refractivity contribution in [2.45, 2.75) is 57.8 Å². The summed E-state index contributed by atoms with van der Waals surface area (Å²) in [6, 6.07) is 14.6. The van der Waals surface area contributed by atoms with Crippen LogP contribution in [0.25, 0.3) is 11.1 Å². The van der Waals surface area contributed by atoms with E-state index in [0.29, 0.717) is 36.7 Å². The van der Waals surface area contributed by atoms with E-state index in [-0.39, 0.29) is 39.0 Å². The maximum atomic E-state index is 14.3. The van der Waals surface area contributed by atoms with Crippen LogP contribution in [0.15, 0.2) is 48.5 Å². The molecule has 2 aromatic carbocycles. The lowest BCUT2D eigenvalue weighted by Crippen LogP contribution is -2.30. The van der Waals surface area contributed by atoms with E-state index in [1.165, 1.54) is 0 Å². The van der Waals surface area contributed by atoms with Crippen molar-refractivity contribution in [1.82, 2.24) is 0 Å². The molecule has 3 rings (SSSR count). The first-order valence-corrected chi connectivity index (χ1v) is 15.3. The maximum Gasteiger partial charge on any atom is 0.310 e. The summed E-state index contributed by atoms with van der Waals surface area (Å²) in [5, 5.41) is 18.3. The van der Waals surface area contributed by atoms with Gasteiger partial charge in [-0.1, -0.05) is 49.2 Å². The number of carbonyl (C=O) groups is 2. The number of esters is 2. The second kappa shape index (κ2) is 15.7. The van der Waals surface area contributed by atoms with Crippen molar-refractivity contribution >= 4 is 24.6 Å². The number of hydrogen-bond donors (Lipinski definition) is 2. The van der Waals surface area contributed by atoms with Gasteiger partial charge in [-0.3, -0.25) is 14.2 Å². The van der Waals surface area contributed by atoms with E-state index in [4.69, 9.17) is 24.2 Å². The summed E-state index contributed by atoms with van der Waals surface area (Å²) in [5.41, 5.74) is 1.62. The zero-order valence-corrected chi connectivity index (χ0v) is 22.8. The third kappa shape index (κ3) is 8.69. The van der Waals surface area contributed by atoms with Crippen LogP contribution in [-0.2, 0) is 23.6 Å². The SMILES string of the molecule is O=C(CC(CP1(=O)Oc2ccccc2-c2ccccc21)C(=O)OCCCCCCO)OCCCCCCO. The van der Waals surface area contributed by atoms with Crippen molar-refractivity contribution in [3.8, 4) is 16.9 Å². The molecule has 1 aliphatic heterocycles. The lowest BCUT2D eigenvalue weighted by molar-refractivity contribution is -0.154. The molecule has 8 nitrogen and oxygen atoms in total. The Morgan fingerprint density at radius 2 is 1.34 bits per heavy atom. The van der Waals surface area contributed by atoms with Gasteiger partial charge in [-0.2, -0.15) is 0 Å². The molecule has 1 aliphatic rings. The van der Waals surface area contributed by atoms with Gasteiger partial charge in [-0.25, -0.2) is 0 Å². The van der Waals surface area contributed by atoms with Gasteiger partial charge in [0.05, 0.1) is 37.0 Å². The van der Waals surface area contributed by atoms with Gasteiger partial charge in [0, 0.05) is 18.8 Å². The van der Waals surface area contributed by atoms with Gasteiger partial charge in [0.1, 0.15) is 5.75 Å². The standard InChI is InChI=1S/C29H39O8P/c30-17-9-1-3-11-19-35-28(32)21-23(29(33)36-20-12-4-2-10-18-31)22-38(34)27-16-8-6-14-25(27)24-13-5-7-15-26(24)37-38/h5-8,13-16,23,30-31H,1-4,9-12,17-22H2. The Balaban J connectivity index is 1.70. The topological polar surface area (TPSA) is 119 Å². The Morgan fingerprint density at radius 3 is 2.03 bits per heavy atom. The van der Waals surface area contributed by atoms with Crippen LogP contribution < -0.4 is 9.83 Å². The van der Waals surface area contributed by atoms with Gasteiger partial charge in [-0.05, 0) is 56.2 Å². The Hall–Kier alpha value is -2.67. The summed E-state index contributed by atoms with van der Waals surface area (Å²) >= 11 is 0. The summed E-state index contributed by atoms with van der Waals surface area (Å²) in [5.74, 6) is -1.65. The molecule has 0 fully saturated rings. The molecule has 38 heavy (non-hydrogen) atoms. The molecule has 0 bridgehead atoms. The minimum atomic E-state index is -3.56.